The van der Waals surface area contributed by atoms with Gasteiger partial charge in [-0.2, -0.15) is 0 Å². The summed E-state index contributed by atoms with van der Waals surface area (Å²) in [6, 6.07) is 2.11. The summed E-state index contributed by atoms with van der Waals surface area (Å²) in [5.41, 5.74) is 3.75. The standard InChI is InChI=1S/C21H28ClN5O2/c1-5-15(13-28-3)27-17-8-9-23-20(18(17)24-25-27)26-10-6-7-14-11-21(2,29-4)12-16(22)19(14)26/h8-9,12,15H,5-7,10-11,13H2,1-4H3/t15-,21+/m0/s1. The third-order valence-electron chi connectivity index (χ3n) is 5.96. The summed E-state index contributed by atoms with van der Waals surface area (Å²) in [6.07, 6.45) is 7.63. The number of pyridine rings is 1. The van der Waals surface area contributed by atoms with Crippen molar-refractivity contribution in [2.75, 3.05) is 32.3 Å². The highest BCUT2D eigenvalue weighted by atomic mass is 35.5. The van der Waals surface area contributed by atoms with Gasteiger partial charge in [0.15, 0.2) is 11.3 Å². The molecule has 8 heteroatoms. The summed E-state index contributed by atoms with van der Waals surface area (Å²) >= 11 is 6.76. The van der Waals surface area contributed by atoms with Crippen LogP contribution in [0.5, 0.6) is 0 Å². The number of fused-ring (bicyclic) bond motifs is 1. The first kappa shape index (κ1) is 20.3. The van der Waals surface area contributed by atoms with Crippen molar-refractivity contribution in [3.05, 3.63) is 34.6 Å². The second kappa shape index (κ2) is 8.05. The molecule has 0 N–H and O–H groups in total. The molecule has 1 aliphatic carbocycles. The maximum absolute atomic E-state index is 6.76. The van der Waals surface area contributed by atoms with Crippen LogP contribution in [-0.4, -0.2) is 53.0 Å². The number of ether oxygens (including phenoxy) is 2. The van der Waals surface area contributed by atoms with Crippen LogP contribution in [0.25, 0.3) is 11.0 Å². The summed E-state index contributed by atoms with van der Waals surface area (Å²) in [5.74, 6) is 0.806. The van der Waals surface area contributed by atoms with Crippen LogP contribution < -0.4 is 4.90 Å². The molecular weight excluding hydrogens is 390 g/mol. The van der Waals surface area contributed by atoms with E-state index in [-0.39, 0.29) is 11.6 Å². The minimum atomic E-state index is -0.365. The van der Waals surface area contributed by atoms with E-state index in [4.69, 9.17) is 21.1 Å². The van der Waals surface area contributed by atoms with E-state index in [1.54, 1.807) is 14.2 Å². The summed E-state index contributed by atoms with van der Waals surface area (Å²) in [7, 11) is 3.44. The van der Waals surface area contributed by atoms with Crippen molar-refractivity contribution in [1.29, 1.82) is 0 Å². The highest BCUT2D eigenvalue weighted by Crippen LogP contribution is 2.43. The molecule has 0 radical (unpaired) electrons. The molecule has 0 unspecified atom stereocenters. The Bertz CT molecular complexity index is 969. The molecule has 0 amide bonds. The molecule has 0 saturated carbocycles. The van der Waals surface area contributed by atoms with Gasteiger partial charge in [0, 0.05) is 33.4 Å². The molecule has 7 nitrogen and oxygen atoms in total. The van der Waals surface area contributed by atoms with Gasteiger partial charge in [-0.15, -0.1) is 5.10 Å². The Labute approximate surface area is 176 Å². The molecule has 0 saturated heterocycles. The highest BCUT2D eigenvalue weighted by Gasteiger charge is 2.36. The Morgan fingerprint density at radius 3 is 2.90 bits per heavy atom. The number of nitrogens with zero attached hydrogens (tertiary/aromatic N) is 5. The zero-order valence-electron chi connectivity index (χ0n) is 17.5. The number of methoxy groups -OCH3 is 2. The van der Waals surface area contributed by atoms with Gasteiger partial charge in [-0.05, 0) is 43.9 Å². The summed E-state index contributed by atoms with van der Waals surface area (Å²) in [4.78, 5) is 6.88. The Balaban J connectivity index is 1.78. The van der Waals surface area contributed by atoms with E-state index < -0.39 is 0 Å². The van der Waals surface area contributed by atoms with Crippen LogP contribution in [0.2, 0.25) is 0 Å². The fraction of sp³-hybridized carbons (Fsp3) is 0.571. The maximum Gasteiger partial charge on any atom is 0.163 e. The predicted octanol–water partition coefficient (Wildman–Crippen LogP) is 4.21. The van der Waals surface area contributed by atoms with Gasteiger partial charge >= 0.3 is 0 Å². The molecule has 0 aromatic carbocycles. The SMILES string of the molecule is CC[C@@H](COC)n1nnc2c(N3CCCC4=C3C(Cl)=C[C@](C)(OC)C4)nccc21. The molecule has 29 heavy (non-hydrogen) atoms. The van der Waals surface area contributed by atoms with Crippen molar-refractivity contribution in [3.63, 3.8) is 0 Å². The van der Waals surface area contributed by atoms with E-state index in [0.717, 1.165) is 54.8 Å². The maximum atomic E-state index is 6.76. The lowest BCUT2D eigenvalue weighted by atomic mass is 9.85. The van der Waals surface area contributed by atoms with Gasteiger partial charge < -0.3 is 14.4 Å². The lowest BCUT2D eigenvalue weighted by molar-refractivity contribution is 0.0463. The number of halogens is 1. The zero-order chi connectivity index (χ0) is 20.6. The van der Waals surface area contributed by atoms with E-state index in [9.17, 15) is 0 Å². The molecule has 0 bridgehead atoms. The Morgan fingerprint density at radius 2 is 2.17 bits per heavy atom. The monoisotopic (exact) mass is 417 g/mol. The molecule has 0 spiro atoms. The number of allylic oxidation sites excluding steroid dienone is 1. The number of rotatable bonds is 6. The first-order chi connectivity index (χ1) is 14.0. The van der Waals surface area contributed by atoms with Crippen molar-refractivity contribution >= 4 is 28.5 Å². The molecule has 4 rings (SSSR count). The van der Waals surface area contributed by atoms with Gasteiger partial charge in [0.25, 0.3) is 0 Å². The number of aromatic nitrogens is 4. The van der Waals surface area contributed by atoms with Crippen LogP contribution >= 0.6 is 11.6 Å². The topological polar surface area (TPSA) is 65.3 Å². The molecule has 2 atom stereocenters. The third-order valence-corrected chi connectivity index (χ3v) is 6.25. The minimum absolute atomic E-state index is 0.136. The first-order valence-corrected chi connectivity index (χ1v) is 10.5. The van der Waals surface area contributed by atoms with Crippen molar-refractivity contribution in [3.8, 4) is 0 Å². The van der Waals surface area contributed by atoms with Crippen molar-refractivity contribution in [2.45, 2.75) is 51.2 Å². The lowest BCUT2D eigenvalue weighted by Gasteiger charge is -2.39. The van der Waals surface area contributed by atoms with Gasteiger partial charge in [0.2, 0.25) is 0 Å². The second-order valence-electron chi connectivity index (χ2n) is 7.95. The molecule has 0 fully saturated rings. The molecule has 156 valence electrons. The average Bonchev–Trinajstić information content (AvgIpc) is 3.15. The second-order valence-corrected chi connectivity index (χ2v) is 8.35. The van der Waals surface area contributed by atoms with Gasteiger partial charge in [-0.1, -0.05) is 23.7 Å². The normalized spacial score (nSPS) is 23.3. The van der Waals surface area contributed by atoms with Crippen LogP contribution in [0.4, 0.5) is 5.82 Å². The van der Waals surface area contributed by atoms with Crippen molar-refractivity contribution in [1.82, 2.24) is 20.0 Å². The highest BCUT2D eigenvalue weighted by molar-refractivity contribution is 6.32. The van der Waals surface area contributed by atoms with Crippen LogP contribution in [-0.2, 0) is 9.47 Å². The Hall–Kier alpha value is -1.96. The largest absolute Gasteiger partial charge is 0.382 e. The van der Waals surface area contributed by atoms with E-state index in [1.165, 1.54) is 5.57 Å². The van der Waals surface area contributed by atoms with Gasteiger partial charge in [0.05, 0.1) is 34.5 Å². The van der Waals surface area contributed by atoms with E-state index in [1.807, 2.05) is 23.0 Å². The predicted molar refractivity (Wildman–Crippen MR) is 114 cm³/mol. The van der Waals surface area contributed by atoms with E-state index >= 15 is 0 Å². The molecule has 2 aromatic rings. The zero-order valence-corrected chi connectivity index (χ0v) is 18.2. The lowest BCUT2D eigenvalue weighted by Crippen LogP contribution is -2.37. The first-order valence-electron chi connectivity index (χ1n) is 10.1. The van der Waals surface area contributed by atoms with Gasteiger partial charge in [0.1, 0.15) is 0 Å². The summed E-state index contributed by atoms with van der Waals surface area (Å²) < 4.78 is 13.0. The smallest absolute Gasteiger partial charge is 0.163 e. The number of anilines is 1. The summed E-state index contributed by atoms with van der Waals surface area (Å²) in [5, 5.41) is 9.65. The van der Waals surface area contributed by atoms with Crippen LogP contribution in [0, 0.1) is 0 Å². The molecular formula is C21H28ClN5O2. The van der Waals surface area contributed by atoms with Gasteiger partial charge in [-0.25, -0.2) is 9.67 Å². The van der Waals surface area contributed by atoms with Gasteiger partial charge in [-0.3, -0.25) is 0 Å². The third kappa shape index (κ3) is 3.56. The Kier molecular flexibility index (Phi) is 5.64. The molecule has 2 aromatic heterocycles. The summed E-state index contributed by atoms with van der Waals surface area (Å²) in [6.45, 7) is 5.64. The average molecular weight is 418 g/mol. The van der Waals surface area contributed by atoms with Crippen molar-refractivity contribution < 1.29 is 9.47 Å². The van der Waals surface area contributed by atoms with Crippen LogP contribution in [0.1, 0.15) is 45.6 Å². The number of hydrogen-bond donors (Lipinski definition) is 0. The van der Waals surface area contributed by atoms with E-state index in [2.05, 4.69) is 34.0 Å². The fourth-order valence-electron chi connectivity index (χ4n) is 4.37. The van der Waals surface area contributed by atoms with Crippen LogP contribution in [0.15, 0.2) is 34.6 Å². The van der Waals surface area contributed by atoms with E-state index in [0.29, 0.717) is 11.6 Å². The van der Waals surface area contributed by atoms with Crippen LogP contribution in [0.3, 0.4) is 0 Å². The van der Waals surface area contributed by atoms with Crippen molar-refractivity contribution in [2.24, 2.45) is 0 Å². The fourth-order valence-corrected chi connectivity index (χ4v) is 4.84. The molecule has 1 aliphatic heterocycles. The number of hydrogen-bond acceptors (Lipinski definition) is 6. The minimum Gasteiger partial charge on any atom is -0.382 e. The Morgan fingerprint density at radius 1 is 1.34 bits per heavy atom. The molecule has 3 heterocycles. The molecule has 2 aliphatic rings. The quantitative estimate of drug-likeness (QED) is 0.701.